The van der Waals surface area contributed by atoms with Crippen molar-refractivity contribution >= 4 is 29.1 Å². The monoisotopic (exact) mass is 407 g/mol. The van der Waals surface area contributed by atoms with Gasteiger partial charge in [-0.05, 0) is 13.0 Å². The molecule has 2 heterocycles. The molecule has 0 radical (unpaired) electrons. The predicted molar refractivity (Wildman–Crippen MR) is 101 cm³/mol. The largest absolute Gasteiger partial charge is 0.461 e. The molecule has 0 bridgehead atoms. The van der Waals surface area contributed by atoms with Gasteiger partial charge in [0.2, 0.25) is 0 Å². The molecule has 142 valence electrons. The smallest absolute Gasteiger partial charge is 0.357 e. The number of halogens is 1. The minimum absolute atomic E-state index is 0.188. The number of hydrogen-bond donors (Lipinski definition) is 1. The second-order valence-corrected chi connectivity index (χ2v) is 7.39. The van der Waals surface area contributed by atoms with E-state index in [9.17, 15) is 14.3 Å². The van der Waals surface area contributed by atoms with Crippen LogP contribution in [0.15, 0.2) is 41.0 Å². The van der Waals surface area contributed by atoms with Crippen molar-refractivity contribution in [3.05, 3.63) is 63.6 Å². The van der Waals surface area contributed by atoms with Crippen LogP contribution in [0, 0.1) is 5.82 Å². The number of benzene rings is 1. The maximum atomic E-state index is 14.0. The van der Waals surface area contributed by atoms with Crippen molar-refractivity contribution in [2.24, 2.45) is 0 Å². The third-order valence-corrected chi connectivity index (χ3v) is 5.74. The molecule has 0 amide bonds. The Hall–Kier alpha value is -2.23. The van der Waals surface area contributed by atoms with Gasteiger partial charge in [-0.25, -0.2) is 19.2 Å². The molecule has 9 heteroatoms. The van der Waals surface area contributed by atoms with Crippen LogP contribution < -0.4 is 0 Å². The maximum absolute atomic E-state index is 14.0. The Kier molecular flexibility index (Phi) is 6.59. The van der Waals surface area contributed by atoms with E-state index in [2.05, 4.69) is 9.97 Å². The van der Waals surface area contributed by atoms with Crippen LogP contribution >= 0.6 is 23.1 Å². The first-order valence-corrected chi connectivity index (χ1v) is 10.1. The molecular weight excluding hydrogens is 389 g/mol. The summed E-state index contributed by atoms with van der Waals surface area (Å²) in [6, 6.07) is 6.52. The average molecular weight is 407 g/mol. The van der Waals surface area contributed by atoms with Crippen LogP contribution in [0.25, 0.3) is 0 Å². The summed E-state index contributed by atoms with van der Waals surface area (Å²) in [5, 5.41) is 12.6. The quantitative estimate of drug-likeness (QED) is 0.455. The van der Waals surface area contributed by atoms with Crippen molar-refractivity contribution in [2.45, 2.75) is 31.0 Å². The fourth-order valence-corrected chi connectivity index (χ4v) is 4.18. The third-order valence-electron chi connectivity index (χ3n) is 3.71. The highest BCUT2D eigenvalue weighted by Gasteiger charge is 2.15. The molecule has 6 nitrogen and oxygen atoms in total. The molecule has 3 aromatic rings. The molecule has 0 aliphatic rings. The molecule has 3 rings (SSSR count). The second-order valence-electron chi connectivity index (χ2n) is 5.50. The standard InChI is InChI=1S/C18H18FN3O3S2/c1-2-25-17(24)15-10-26-16(21-15)11-27-18-20-7-13(9-23)22(18)8-12-5-3-4-6-14(12)19/h3-7,10,23H,2,8-9,11H2,1H3. The number of carbonyl (C=O) groups excluding carboxylic acids is 1. The zero-order valence-electron chi connectivity index (χ0n) is 14.6. The van der Waals surface area contributed by atoms with Crippen molar-refractivity contribution in [1.29, 1.82) is 0 Å². The third kappa shape index (κ3) is 4.74. The van der Waals surface area contributed by atoms with Gasteiger partial charge in [0, 0.05) is 10.9 Å². The van der Waals surface area contributed by atoms with Crippen LogP contribution in [0.1, 0.15) is 33.7 Å². The van der Waals surface area contributed by atoms with Crippen molar-refractivity contribution in [1.82, 2.24) is 14.5 Å². The molecule has 1 aromatic carbocycles. The molecular formula is C18H18FN3O3S2. The van der Waals surface area contributed by atoms with E-state index in [0.29, 0.717) is 34.5 Å². The topological polar surface area (TPSA) is 77.2 Å². The Morgan fingerprint density at radius 2 is 2.22 bits per heavy atom. The summed E-state index contributed by atoms with van der Waals surface area (Å²) in [4.78, 5) is 20.3. The predicted octanol–water partition coefficient (Wildman–Crippen LogP) is 3.49. The van der Waals surface area contributed by atoms with E-state index >= 15 is 0 Å². The molecule has 0 fully saturated rings. The summed E-state index contributed by atoms with van der Waals surface area (Å²) in [6.45, 7) is 2.14. The Morgan fingerprint density at radius 3 is 2.96 bits per heavy atom. The Balaban J connectivity index is 1.73. The number of thiazole rings is 1. The number of ether oxygens (including phenoxy) is 1. The number of thioether (sulfide) groups is 1. The van der Waals surface area contributed by atoms with E-state index in [1.165, 1.54) is 29.2 Å². The average Bonchev–Trinajstić information content (AvgIpc) is 3.29. The van der Waals surface area contributed by atoms with Gasteiger partial charge in [-0.3, -0.25) is 0 Å². The van der Waals surface area contributed by atoms with Crippen LogP contribution in [-0.4, -0.2) is 32.2 Å². The number of aliphatic hydroxyl groups is 1. The van der Waals surface area contributed by atoms with Crippen LogP contribution in [0.3, 0.4) is 0 Å². The lowest BCUT2D eigenvalue weighted by Gasteiger charge is -2.11. The molecule has 0 atom stereocenters. The summed E-state index contributed by atoms with van der Waals surface area (Å²) in [5.74, 6) is -0.234. The molecule has 0 aliphatic carbocycles. The number of hydrogen-bond acceptors (Lipinski definition) is 7. The van der Waals surface area contributed by atoms with E-state index in [0.717, 1.165) is 5.01 Å². The van der Waals surface area contributed by atoms with Crippen molar-refractivity contribution < 1.29 is 19.0 Å². The van der Waals surface area contributed by atoms with Gasteiger partial charge in [-0.1, -0.05) is 30.0 Å². The van der Waals surface area contributed by atoms with Crippen LogP contribution in [0.4, 0.5) is 4.39 Å². The van der Waals surface area contributed by atoms with Gasteiger partial charge in [0.15, 0.2) is 10.9 Å². The first kappa shape index (κ1) is 19.5. The lowest BCUT2D eigenvalue weighted by atomic mass is 10.2. The van der Waals surface area contributed by atoms with Gasteiger partial charge in [-0.15, -0.1) is 11.3 Å². The first-order valence-electron chi connectivity index (χ1n) is 8.25. The van der Waals surface area contributed by atoms with Gasteiger partial charge in [0.25, 0.3) is 0 Å². The summed E-state index contributed by atoms with van der Waals surface area (Å²) >= 11 is 2.78. The number of aromatic nitrogens is 3. The Bertz CT molecular complexity index is 926. The lowest BCUT2D eigenvalue weighted by Crippen LogP contribution is -2.07. The van der Waals surface area contributed by atoms with Crippen LogP contribution in [-0.2, 0) is 23.6 Å². The highest BCUT2D eigenvalue weighted by Crippen LogP contribution is 2.26. The molecule has 0 unspecified atom stereocenters. The first-order chi connectivity index (χ1) is 13.1. The molecule has 0 saturated heterocycles. The van der Waals surface area contributed by atoms with Crippen molar-refractivity contribution in [3.63, 3.8) is 0 Å². The fourth-order valence-electron chi connectivity index (χ4n) is 2.40. The van der Waals surface area contributed by atoms with Gasteiger partial charge in [0.1, 0.15) is 10.8 Å². The summed E-state index contributed by atoms with van der Waals surface area (Å²) < 4.78 is 20.7. The maximum Gasteiger partial charge on any atom is 0.357 e. The number of nitrogens with zero attached hydrogens (tertiary/aromatic N) is 3. The van der Waals surface area contributed by atoms with E-state index in [1.54, 1.807) is 41.3 Å². The zero-order valence-corrected chi connectivity index (χ0v) is 16.2. The van der Waals surface area contributed by atoms with Crippen LogP contribution in [0.5, 0.6) is 0 Å². The van der Waals surface area contributed by atoms with Crippen molar-refractivity contribution in [2.75, 3.05) is 6.61 Å². The Morgan fingerprint density at radius 1 is 1.41 bits per heavy atom. The van der Waals surface area contributed by atoms with Gasteiger partial charge < -0.3 is 14.4 Å². The number of rotatable bonds is 8. The van der Waals surface area contributed by atoms with E-state index in [4.69, 9.17) is 4.74 Å². The molecule has 27 heavy (non-hydrogen) atoms. The summed E-state index contributed by atoms with van der Waals surface area (Å²) in [7, 11) is 0. The highest BCUT2D eigenvalue weighted by molar-refractivity contribution is 7.98. The number of carbonyl (C=O) groups is 1. The Labute approximate surface area is 164 Å². The van der Waals surface area contributed by atoms with Gasteiger partial charge in [-0.2, -0.15) is 0 Å². The number of esters is 1. The normalized spacial score (nSPS) is 10.9. The lowest BCUT2D eigenvalue weighted by molar-refractivity contribution is 0.0520. The van der Waals surface area contributed by atoms with Crippen LogP contribution in [0.2, 0.25) is 0 Å². The van der Waals surface area contributed by atoms with Gasteiger partial charge in [0.05, 0.1) is 37.4 Å². The van der Waals surface area contributed by atoms with Gasteiger partial charge >= 0.3 is 5.97 Å². The van der Waals surface area contributed by atoms with E-state index in [1.807, 2.05) is 0 Å². The molecule has 0 aliphatic heterocycles. The molecule has 0 saturated carbocycles. The highest BCUT2D eigenvalue weighted by atomic mass is 32.2. The number of imidazole rings is 1. The summed E-state index contributed by atoms with van der Waals surface area (Å²) in [5.41, 5.74) is 1.42. The summed E-state index contributed by atoms with van der Waals surface area (Å²) in [6.07, 6.45) is 1.58. The van der Waals surface area contributed by atoms with Crippen molar-refractivity contribution in [3.8, 4) is 0 Å². The minimum Gasteiger partial charge on any atom is -0.461 e. The zero-order chi connectivity index (χ0) is 19.2. The fraction of sp³-hybridized carbons (Fsp3) is 0.278. The van der Waals surface area contributed by atoms with E-state index < -0.39 is 5.97 Å². The van der Waals surface area contributed by atoms with E-state index in [-0.39, 0.29) is 19.0 Å². The SMILES string of the molecule is CCOC(=O)c1csc(CSc2ncc(CO)n2Cc2ccccc2F)n1. The number of aliphatic hydroxyl groups excluding tert-OH is 1. The molecule has 2 aromatic heterocycles. The minimum atomic E-state index is -0.436. The molecule has 1 N–H and O–H groups in total. The second kappa shape index (κ2) is 9.12. The molecule has 0 spiro atoms.